The first-order chi connectivity index (χ1) is 7.24. The molecule has 5 heteroatoms. The highest BCUT2D eigenvalue weighted by Gasteiger charge is 2.41. The summed E-state index contributed by atoms with van der Waals surface area (Å²) >= 11 is 0. The number of hydrogen-bond donors (Lipinski definition) is 4. The quantitative estimate of drug-likeness (QED) is 0.493. The Labute approximate surface area is 87.4 Å². The Morgan fingerprint density at radius 3 is 2.40 bits per heavy atom. The second-order valence-electron chi connectivity index (χ2n) is 3.70. The first kappa shape index (κ1) is 10.5. The van der Waals surface area contributed by atoms with Crippen molar-refractivity contribution in [3.8, 4) is 0 Å². The number of aliphatic hydroxyl groups is 3. The Morgan fingerprint density at radius 2 is 1.87 bits per heavy atom. The van der Waals surface area contributed by atoms with Crippen LogP contribution in [-0.2, 0) is 0 Å². The minimum atomic E-state index is -0.937. The molecule has 1 aliphatic heterocycles. The number of aromatic nitrogens is 1. The van der Waals surface area contributed by atoms with Gasteiger partial charge in [-0.1, -0.05) is 0 Å². The molecule has 0 saturated carbocycles. The minimum Gasteiger partial charge on any atom is -0.395 e. The molecule has 4 atom stereocenters. The van der Waals surface area contributed by atoms with E-state index in [1.54, 1.807) is 24.5 Å². The van der Waals surface area contributed by atoms with Crippen LogP contribution in [-0.4, -0.2) is 45.2 Å². The average Bonchev–Trinajstić information content (AvgIpc) is 2.57. The summed E-state index contributed by atoms with van der Waals surface area (Å²) in [5.74, 6) is 0. The van der Waals surface area contributed by atoms with Crippen LogP contribution in [0.4, 0.5) is 0 Å². The number of hydrogen-bond acceptors (Lipinski definition) is 5. The third-order valence-corrected chi connectivity index (χ3v) is 2.76. The Hall–Kier alpha value is -1.01. The maximum absolute atomic E-state index is 9.77. The van der Waals surface area contributed by atoms with Crippen LogP contribution in [0.3, 0.4) is 0 Å². The van der Waals surface area contributed by atoms with Crippen molar-refractivity contribution in [3.63, 3.8) is 0 Å². The molecule has 2 heterocycles. The monoisotopic (exact) mass is 210 g/mol. The van der Waals surface area contributed by atoms with Gasteiger partial charge in [-0.25, -0.2) is 0 Å². The van der Waals surface area contributed by atoms with Crippen molar-refractivity contribution in [1.29, 1.82) is 0 Å². The van der Waals surface area contributed by atoms with E-state index in [4.69, 9.17) is 5.11 Å². The fraction of sp³-hybridized carbons (Fsp3) is 0.500. The smallest absolute Gasteiger partial charge is 0.101 e. The number of aliphatic hydroxyl groups excluding tert-OH is 3. The molecule has 82 valence electrons. The van der Waals surface area contributed by atoms with Crippen LogP contribution in [0, 0.1) is 0 Å². The van der Waals surface area contributed by atoms with Gasteiger partial charge in [0.05, 0.1) is 24.8 Å². The van der Waals surface area contributed by atoms with Gasteiger partial charge in [-0.3, -0.25) is 4.98 Å². The van der Waals surface area contributed by atoms with E-state index in [2.05, 4.69) is 10.3 Å². The molecule has 0 amide bonds. The largest absolute Gasteiger partial charge is 0.395 e. The normalized spacial score (nSPS) is 35.7. The highest BCUT2D eigenvalue weighted by atomic mass is 16.3. The summed E-state index contributed by atoms with van der Waals surface area (Å²) in [6.07, 6.45) is 1.42. The topological polar surface area (TPSA) is 85.6 Å². The van der Waals surface area contributed by atoms with Crippen LogP contribution in [0.15, 0.2) is 24.5 Å². The first-order valence-electron chi connectivity index (χ1n) is 4.87. The van der Waals surface area contributed by atoms with E-state index in [1.807, 2.05) is 0 Å². The van der Waals surface area contributed by atoms with Gasteiger partial charge in [0.25, 0.3) is 0 Å². The van der Waals surface area contributed by atoms with Gasteiger partial charge >= 0.3 is 0 Å². The minimum absolute atomic E-state index is 0.195. The first-order valence-corrected chi connectivity index (χ1v) is 4.87. The lowest BCUT2D eigenvalue weighted by molar-refractivity contribution is 0.0194. The second kappa shape index (κ2) is 4.24. The molecule has 2 rings (SSSR count). The number of pyridine rings is 1. The standard InChI is InChI=1S/C10H14N2O3/c13-5-7-9(14)10(15)8(12-7)6-1-3-11-4-2-6/h1-4,7-10,12-15H,5H2/t7-,8+,9-,10+/m1/s1. The van der Waals surface area contributed by atoms with Crippen molar-refractivity contribution in [3.05, 3.63) is 30.1 Å². The van der Waals surface area contributed by atoms with E-state index in [9.17, 15) is 10.2 Å². The van der Waals surface area contributed by atoms with Crippen molar-refractivity contribution in [2.75, 3.05) is 6.61 Å². The Morgan fingerprint density at radius 1 is 1.20 bits per heavy atom. The lowest BCUT2D eigenvalue weighted by atomic mass is 10.0. The fourth-order valence-electron chi connectivity index (χ4n) is 1.89. The maximum Gasteiger partial charge on any atom is 0.101 e. The van der Waals surface area contributed by atoms with Gasteiger partial charge < -0.3 is 20.6 Å². The number of rotatable bonds is 2. The lowest BCUT2D eigenvalue weighted by Gasteiger charge is -2.15. The summed E-state index contributed by atoms with van der Waals surface area (Å²) in [6, 6.07) is 2.72. The zero-order chi connectivity index (χ0) is 10.8. The molecule has 1 aromatic rings. The third kappa shape index (κ3) is 1.87. The van der Waals surface area contributed by atoms with Crippen molar-refractivity contribution in [2.45, 2.75) is 24.3 Å². The Balaban J connectivity index is 2.19. The van der Waals surface area contributed by atoms with E-state index in [0.717, 1.165) is 5.56 Å². The van der Waals surface area contributed by atoms with E-state index < -0.39 is 18.2 Å². The molecule has 0 aliphatic carbocycles. The summed E-state index contributed by atoms with van der Waals surface area (Å²) in [5.41, 5.74) is 0.854. The Bertz CT molecular complexity index is 320. The van der Waals surface area contributed by atoms with Gasteiger partial charge in [-0.05, 0) is 17.7 Å². The molecular weight excluding hydrogens is 196 g/mol. The van der Waals surface area contributed by atoms with Crippen LogP contribution < -0.4 is 5.32 Å². The predicted octanol–water partition coefficient (Wildman–Crippen LogP) is -1.19. The van der Waals surface area contributed by atoms with Gasteiger partial charge in [0.1, 0.15) is 6.10 Å². The summed E-state index contributed by atoms with van der Waals surface area (Å²) < 4.78 is 0. The van der Waals surface area contributed by atoms with Crippen LogP contribution in [0.25, 0.3) is 0 Å². The zero-order valence-electron chi connectivity index (χ0n) is 8.11. The molecule has 1 fully saturated rings. The van der Waals surface area contributed by atoms with Gasteiger partial charge in [0.2, 0.25) is 0 Å². The SMILES string of the molecule is OC[C@H]1N[C@@H](c2ccncc2)[C@H](O)[C@@H]1O. The summed E-state index contributed by atoms with van der Waals surface area (Å²) in [6.45, 7) is -0.195. The molecule has 5 nitrogen and oxygen atoms in total. The maximum atomic E-state index is 9.77. The van der Waals surface area contributed by atoms with Gasteiger partial charge in [-0.15, -0.1) is 0 Å². The fourth-order valence-corrected chi connectivity index (χ4v) is 1.89. The predicted molar refractivity (Wildman–Crippen MR) is 53.0 cm³/mol. The summed E-state index contributed by atoms with van der Waals surface area (Å²) in [4.78, 5) is 3.88. The zero-order valence-corrected chi connectivity index (χ0v) is 8.11. The second-order valence-corrected chi connectivity index (χ2v) is 3.70. The molecule has 4 N–H and O–H groups in total. The third-order valence-electron chi connectivity index (χ3n) is 2.76. The van der Waals surface area contributed by atoms with Gasteiger partial charge in [-0.2, -0.15) is 0 Å². The molecule has 1 saturated heterocycles. The Kier molecular flexibility index (Phi) is 2.97. The van der Waals surface area contributed by atoms with Gasteiger partial charge in [0.15, 0.2) is 0 Å². The van der Waals surface area contributed by atoms with Crippen molar-refractivity contribution in [1.82, 2.24) is 10.3 Å². The number of nitrogens with zero attached hydrogens (tertiary/aromatic N) is 1. The lowest BCUT2D eigenvalue weighted by Crippen LogP contribution is -2.35. The number of nitrogens with one attached hydrogen (secondary N) is 1. The molecule has 0 unspecified atom stereocenters. The molecule has 0 spiro atoms. The molecule has 1 aromatic heterocycles. The summed E-state index contributed by atoms with van der Waals surface area (Å²) in [5, 5.41) is 31.3. The van der Waals surface area contributed by atoms with Crippen LogP contribution in [0.1, 0.15) is 11.6 Å². The van der Waals surface area contributed by atoms with Crippen LogP contribution in [0.2, 0.25) is 0 Å². The van der Waals surface area contributed by atoms with Crippen LogP contribution >= 0.6 is 0 Å². The molecule has 0 radical (unpaired) electrons. The molecule has 0 aromatic carbocycles. The van der Waals surface area contributed by atoms with Crippen molar-refractivity contribution < 1.29 is 15.3 Å². The summed E-state index contributed by atoms with van der Waals surface area (Å²) in [7, 11) is 0. The molecule has 1 aliphatic rings. The van der Waals surface area contributed by atoms with Crippen molar-refractivity contribution >= 4 is 0 Å². The molecule has 15 heavy (non-hydrogen) atoms. The van der Waals surface area contributed by atoms with E-state index in [-0.39, 0.29) is 12.6 Å². The van der Waals surface area contributed by atoms with E-state index in [0.29, 0.717) is 0 Å². The molecule has 0 bridgehead atoms. The highest BCUT2D eigenvalue weighted by molar-refractivity contribution is 5.20. The van der Waals surface area contributed by atoms with E-state index in [1.165, 1.54) is 0 Å². The van der Waals surface area contributed by atoms with E-state index >= 15 is 0 Å². The average molecular weight is 210 g/mol. The molecular formula is C10H14N2O3. The van der Waals surface area contributed by atoms with Gasteiger partial charge in [0, 0.05) is 12.4 Å². The van der Waals surface area contributed by atoms with Crippen molar-refractivity contribution in [2.24, 2.45) is 0 Å². The highest BCUT2D eigenvalue weighted by Crippen LogP contribution is 2.26. The van der Waals surface area contributed by atoms with Crippen LogP contribution in [0.5, 0.6) is 0 Å².